The third-order valence-electron chi connectivity index (χ3n) is 4.22. The number of hydrogen-bond acceptors (Lipinski definition) is 4. The van der Waals surface area contributed by atoms with Gasteiger partial charge in [0.1, 0.15) is 17.0 Å². The number of methoxy groups -OCH3 is 1. The van der Waals surface area contributed by atoms with Crippen molar-refractivity contribution in [3.05, 3.63) is 24.3 Å². The number of nitrogens with zero attached hydrogens (tertiary/aromatic N) is 1. The first kappa shape index (κ1) is 17.0. The SMILES string of the molecule is CCCC[C@@]1(CC)C(=O)NC(=O)NC1=Nc1ccc(OC)cc1. The van der Waals surface area contributed by atoms with Crippen LogP contribution in [0.5, 0.6) is 5.75 Å². The number of carbonyl (C=O) groups excluding carboxylic acids is 2. The maximum Gasteiger partial charge on any atom is 0.326 e. The number of urea groups is 1. The van der Waals surface area contributed by atoms with Crippen molar-refractivity contribution in [3.8, 4) is 5.75 Å². The molecule has 23 heavy (non-hydrogen) atoms. The number of ether oxygens (including phenoxy) is 1. The van der Waals surface area contributed by atoms with Crippen LogP contribution in [-0.2, 0) is 4.79 Å². The van der Waals surface area contributed by atoms with E-state index in [0.29, 0.717) is 24.4 Å². The lowest BCUT2D eigenvalue weighted by molar-refractivity contribution is -0.127. The summed E-state index contributed by atoms with van der Waals surface area (Å²) < 4.78 is 5.13. The Labute approximate surface area is 136 Å². The number of aliphatic imine (C=N–C) groups is 1. The molecule has 0 saturated carbocycles. The average Bonchev–Trinajstić information content (AvgIpc) is 2.55. The van der Waals surface area contributed by atoms with Crippen molar-refractivity contribution in [2.24, 2.45) is 10.4 Å². The van der Waals surface area contributed by atoms with Gasteiger partial charge in [-0.2, -0.15) is 0 Å². The first-order chi connectivity index (χ1) is 11.1. The third kappa shape index (κ3) is 3.52. The van der Waals surface area contributed by atoms with Crippen molar-refractivity contribution >= 4 is 23.5 Å². The highest BCUT2D eigenvalue weighted by Gasteiger charge is 2.46. The topological polar surface area (TPSA) is 79.8 Å². The second-order valence-corrected chi connectivity index (χ2v) is 5.61. The van der Waals surface area contributed by atoms with E-state index in [1.807, 2.05) is 6.92 Å². The second kappa shape index (κ2) is 7.26. The molecule has 1 heterocycles. The molecule has 0 aliphatic carbocycles. The Balaban J connectivity index is 2.41. The number of rotatable bonds is 6. The number of hydrogen-bond donors (Lipinski definition) is 2. The number of amidine groups is 1. The fraction of sp³-hybridized carbons (Fsp3) is 0.471. The van der Waals surface area contributed by atoms with Crippen molar-refractivity contribution in [2.75, 3.05) is 7.11 Å². The van der Waals surface area contributed by atoms with E-state index in [2.05, 4.69) is 22.5 Å². The van der Waals surface area contributed by atoms with Gasteiger partial charge in [-0.25, -0.2) is 9.79 Å². The summed E-state index contributed by atoms with van der Waals surface area (Å²) in [5.74, 6) is 0.879. The molecule has 0 radical (unpaired) electrons. The zero-order chi connectivity index (χ0) is 16.9. The molecule has 6 nitrogen and oxygen atoms in total. The lowest BCUT2D eigenvalue weighted by Gasteiger charge is -2.36. The Morgan fingerprint density at radius 2 is 1.83 bits per heavy atom. The van der Waals surface area contributed by atoms with E-state index < -0.39 is 11.4 Å². The van der Waals surface area contributed by atoms with Crippen LogP contribution in [0.15, 0.2) is 29.3 Å². The van der Waals surface area contributed by atoms with Gasteiger partial charge in [-0.05, 0) is 37.1 Å². The molecule has 0 bridgehead atoms. The van der Waals surface area contributed by atoms with Crippen molar-refractivity contribution in [1.82, 2.24) is 10.6 Å². The fourth-order valence-corrected chi connectivity index (χ4v) is 2.72. The Bertz CT molecular complexity index is 610. The van der Waals surface area contributed by atoms with Gasteiger partial charge in [0.25, 0.3) is 0 Å². The zero-order valence-corrected chi connectivity index (χ0v) is 13.8. The van der Waals surface area contributed by atoms with Crippen LogP contribution in [0.25, 0.3) is 0 Å². The molecule has 1 fully saturated rings. The van der Waals surface area contributed by atoms with E-state index in [-0.39, 0.29) is 5.91 Å². The number of amides is 3. The van der Waals surface area contributed by atoms with Gasteiger partial charge in [-0.1, -0.05) is 26.7 Å². The molecule has 1 aromatic carbocycles. The Hall–Kier alpha value is -2.37. The van der Waals surface area contributed by atoms with Crippen LogP contribution in [0.1, 0.15) is 39.5 Å². The van der Waals surface area contributed by atoms with Gasteiger partial charge in [-0.3, -0.25) is 15.4 Å². The molecule has 1 aliphatic rings. The lowest BCUT2D eigenvalue weighted by atomic mass is 9.76. The summed E-state index contributed by atoms with van der Waals surface area (Å²) in [5.41, 5.74) is -0.116. The van der Waals surface area contributed by atoms with Gasteiger partial charge in [0.15, 0.2) is 0 Å². The Morgan fingerprint density at radius 3 is 2.39 bits per heavy atom. The summed E-state index contributed by atoms with van der Waals surface area (Å²) in [4.78, 5) is 28.7. The van der Waals surface area contributed by atoms with Gasteiger partial charge >= 0.3 is 6.03 Å². The first-order valence-corrected chi connectivity index (χ1v) is 7.91. The molecule has 124 valence electrons. The molecule has 6 heteroatoms. The van der Waals surface area contributed by atoms with Crippen LogP contribution in [0.4, 0.5) is 10.5 Å². The average molecular weight is 317 g/mol. The predicted molar refractivity (Wildman–Crippen MR) is 89.0 cm³/mol. The minimum atomic E-state index is -0.788. The maximum absolute atomic E-state index is 12.5. The van der Waals surface area contributed by atoms with Crippen LogP contribution in [-0.4, -0.2) is 24.9 Å². The van der Waals surface area contributed by atoms with Crippen molar-refractivity contribution in [3.63, 3.8) is 0 Å². The van der Waals surface area contributed by atoms with E-state index in [9.17, 15) is 9.59 Å². The third-order valence-corrected chi connectivity index (χ3v) is 4.22. The lowest BCUT2D eigenvalue weighted by Crippen LogP contribution is -2.62. The molecule has 2 rings (SSSR count). The van der Waals surface area contributed by atoms with E-state index in [1.165, 1.54) is 0 Å². The van der Waals surface area contributed by atoms with E-state index in [0.717, 1.165) is 18.6 Å². The van der Waals surface area contributed by atoms with E-state index in [1.54, 1.807) is 31.4 Å². The van der Waals surface area contributed by atoms with Crippen LogP contribution in [0.3, 0.4) is 0 Å². The minimum Gasteiger partial charge on any atom is -0.497 e. The zero-order valence-electron chi connectivity index (χ0n) is 13.8. The summed E-state index contributed by atoms with van der Waals surface area (Å²) in [5, 5.41) is 5.10. The standard InChI is InChI=1S/C17H23N3O3/c1-4-6-11-17(5-2)14(19-16(22)20-15(17)21)18-12-7-9-13(23-3)10-8-12/h7-10H,4-6,11H2,1-3H3,(H2,18,19,20,21,22)/t17-/m1/s1. The van der Waals surface area contributed by atoms with Crippen LogP contribution in [0.2, 0.25) is 0 Å². The van der Waals surface area contributed by atoms with Crippen LogP contribution < -0.4 is 15.4 Å². The molecule has 1 saturated heterocycles. The minimum absolute atomic E-state index is 0.274. The van der Waals surface area contributed by atoms with Gasteiger partial charge in [0.2, 0.25) is 5.91 Å². The molecule has 3 amide bonds. The highest BCUT2D eigenvalue weighted by molar-refractivity contribution is 6.21. The maximum atomic E-state index is 12.5. The first-order valence-electron chi connectivity index (χ1n) is 7.91. The van der Waals surface area contributed by atoms with Crippen molar-refractivity contribution in [1.29, 1.82) is 0 Å². The number of imide groups is 1. The van der Waals surface area contributed by atoms with Crippen molar-refractivity contribution in [2.45, 2.75) is 39.5 Å². The molecule has 1 aromatic rings. The number of nitrogens with one attached hydrogen (secondary N) is 2. The summed E-state index contributed by atoms with van der Waals surface area (Å²) in [6.07, 6.45) is 3.09. The molecule has 0 unspecified atom stereocenters. The monoisotopic (exact) mass is 317 g/mol. The van der Waals surface area contributed by atoms with Gasteiger partial charge in [-0.15, -0.1) is 0 Å². The Kier molecular flexibility index (Phi) is 5.36. The molecule has 1 atom stereocenters. The Morgan fingerprint density at radius 1 is 1.13 bits per heavy atom. The van der Waals surface area contributed by atoms with E-state index >= 15 is 0 Å². The molecule has 1 aliphatic heterocycles. The quantitative estimate of drug-likeness (QED) is 0.846. The van der Waals surface area contributed by atoms with Gasteiger partial charge in [0.05, 0.1) is 12.8 Å². The number of unbranched alkanes of at least 4 members (excludes halogenated alkanes) is 1. The summed E-state index contributed by atoms with van der Waals surface area (Å²) in [6, 6.07) is 6.66. The molecule has 0 aromatic heterocycles. The normalized spacial score (nSPS) is 22.7. The largest absolute Gasteiger partial charge is 0.497 e. The summed E-state index contributed by atoms with van der Waals surface area (Å²) >= 11 is 0. The molecule has 0 spiro atoms. The summed E-state index contributed by atoms with van der Waals surface area (Å²) in [6.45, 7) is 4.01. The van der Waals surface area contributed by atoms with Gasteiger partial charge in [0, 0.05) is 0 Å². The second-order valence-electron chi connectivity index (χ2n) is 5.61. The molecular formula is C17H23N3O3. The molecule has 2 N–H and O–H groups in total. The van der Waals surface area contributed by atoms with Crippen LogP contribution in [0, 0.1) is 5.41 Å². The highest BCUT2D eigenvalue weighted by atomic mass is 16.5. The smallest absolute Gasteiger partial charge is 0.326 e. The van der Waals surface area contributed by atoms with Crippen LogP contribution >= 0.6 is 0 Å². The fourth-order valence-electron chi connectivity index (χ4n) is 2.72. The predicted octanol–water partition coefficient (Wildman–Crippen LogP) is 3.15. The number of carbonyl (C=O) groups is 2. The van der Waals surface area contributed by atoms with Crippen molar-refractivity contribution < 1.29 is 14.3 Å². The van der Waals surface area contributed by atoms with E-state index in [4.69, 9.17) is 4.74 Å². The number of benzene rings is 1. The summed E-state index contributed by atoms with van der Waals surface area (Å²) in [7, 11) is 1.60. The molecular weight excluding hydrogens is 294 g/mol. The highest BCUT2D eigenvalue weighted by Crippen LogP contribution is 2.33. The van der Waals surface area contributed by atoms with Gasteiger partial charge < -0.3 is 4.74 Å².